The molecule has 0 aliphatic heterocycles. The van der Waals surface area contributed by atoms with E-state index in [2.05, 4.69) is 16.0 Å². The zero-order valence-electron chi connectivity index (χ0n) is 13.9. The molecule has 2 unspecified atom stereocenters. The van der Waals surface area contributed by atoms with Gasteiger partial charge in [0.25, 0.3) is 5.91 Å². The van der Waals surface area contributed by atoms with Gasteiger partial charge >= 0.3 is 0 Å². The number of amides is 2. The fraction of sp³-hybridized carbons (Fsp3) is 0.529. The average molecular weight is 305 g/mol. The minimum absolute atomic E-state index is 0.0343. The molecule has 1 aromatic rings. The number of carbonyl (C=O) groups excluding carboxylic acids is 2. The molecule has 1 aromatic carbocycles. The van der Waals surface area contributed by atoms with Crippen molar-refractivity contribution in [1.82, 2.24) is 10.6 Å². The Kier molecular flexibility index (Phi) is 7.43. The molecule has 3 N–H and O–H groups in total. The van der Waals surface area contributed by atoms with Crippen LogP contribution in [0.4, 0.5) is 5.69 Å². The molecule has 0 aliphatic carbocycles. The van der Waals surface area contributed by atoms with Crippen molar-refractivity contribution in [3.63, 3.8) is 0 Å². The summed E-state index contributed by atoms with van der Waals surface area (Å²) in [6.45, 7) is 8.24. The predicted octanol–water partition coefficient (Wildman–Crippen LogP) is 2.54. The van der Waals surface area contributed by atoms with E-state index in [1.807, 2.05) is 39.8 Å². The Morgan fingerprint density at radius 2 is 1.50 bits per heavy atom. The highest BCUT2D eigenvalue weighted by molar-refractivity contribution is 5.94. The van der Waals surface area contributed by atoms with Crippen molar-refractivity contribution >= 4 is 17.5 Å². The number of rotatable bonds is 8. The first kappa shape index (κ1) is 18.0. The fourth-order valence-corrected chi connectivity index (χ4v) is 1.76. The van der Waals surface area contributed by atoms with Crippen LogP contribution in [0, 0.1) is 0 Å². The predicted molar refractivity (Wildman–Crippen MR) is 90.0 cm³/mol. The highest BCUT2D eigenvalue weighted by atomic mass is 16.2. The molecular formula is C17H27N3O2. The van der Waals surface area contributed by atoms with Gasteiger partial charge in [-0.1, -0.05) is 13.8 Å². The zero-order valence-corrected chi connectivity index (χ0v) is 13.9. The Morgan fingerprint density at radius 3 is 2.05 bits per heavy atom. The Morgan fingerprint density at radius 1 is 0.955 bits per heavy atom. The van der Waals surface area contributed by atoms with Crippen LogP contribution in [-0.2, 0) is 4.79 Å². The molecule has 2 atom stereocenters. The number of nitrogens with one attached hydrogen (secondary N) is 3. The number of hydrogen-bond acceptors (Lipinski definition) is 3. The Hall–Kier alpha value is -2.04. The summed E-state index contributed by atoms with van der Waals surface area (Å²) in [5.41, 5.74) is 1.44. The Labute approximate surface area is 132 Å². The lowest BCUT2D eigenvalue weighted by Crippen LogP contribution is -2.36. The smallest absolute Gasteiger partial charge is 0.251 e. The minimum Gasteiger partial charge on any atom is -0.376 e. The molecule has 2 amide bonds. The number of carbonyl (C=O) groups is 2. The second-order valence-corrected chi connectivity index (χ2v) is 5.59. The van der Waals surface area contributed by atoms with Crippen molar-refractivity contribution < 1.29 is 9.59 Å². The van der Waals surface area contributed by atoms with Crippen molar-refractivity contribution in [2.24, 2.45) is 0 Å². The molecular weight excluding hydrogens is 278 g/mol. The van der Waals surface area contributed by atoms with Crippen molar-refractivity contribution in [3.05, 3.63) is 29.8 Å². The third kappa shape index (κ3) is 6.16. The van der Waals surface area contributed by atoms with Gasteiger partial charge in [-0.3, -0.25) is 9.59 Å². The SMILES string of the molecule is CCC(C)NC(=O)CNc1ccc(C(=O)NC(C)CC)cc1. The summed E-state index contributed by atoms with van der Waals surface area (Å²) >= 11 is 0. The molecule has 0 heterocycles. The molecule has 0 saturated carbocycles. The van der Waals surface area contributed by atoms with E-state index in [-0.39, 0.29) is 30.4 Å². The van der Waals surface area contributed by atoms with Gasteiger partial charge in [-0.15, -0.1) is 0 Å². The summed E-state index contributed by atoms with van der Waals surface area (Å²) in [6.07, 6.45) is 1.81. The van der Waals surface area contributed by atoms with Crippen LogP contribution >= 0.6 is 0 Å². The van der Waals surface area contributed by atoms with Gasteiger partial charge in [-0.2, -0.15) is 0 Å². The number of hydrogen-bond donors (Lipinski definition) is 3. The van der Waals surface area contributed by atoms with Crippen molar-refractivity contribution in [2.45, 2.75) is 52.6 Å². The second kappa shape index (κ2) is 9.07. The first-order valence-electron chi connectivity index (χ1n) is 7.90. The third-order valence-corrected chi connectivity index (χ3v) is 3.61. The van der Waals surface area contributed by atoms with Gasteiger partial charge in [0.2, 0.25) is 5.91 Å². The lowest BCUT2D eigenvalue weighted by Gasteiger charge is -2.13. The third-order valence-electron chi connectivity index (χ3n) is 3.61. The molecule has 0 spiro atoms. The molecule has 5 heteroatoms. The molecule has 0 bridgehead atoms. The fourth-order valence-electron chi connectivity index (χ4n) is 1.76. The molecule has 1 rings (SSSR count). The summed E-state index contributed by atoms with van der Waals surface area (Å²) in [7, 11) is 0. The maximum Gasteiger partial charge on any atom is 0.251 e. The summed E-state index contributed by atoms with van der Waals surface area (Å²) in [5, 5.41) is 8.86. The average Bonchev–Trinajstić information content (AvgIpc) is 2.52. The Balaban J connectivity index is 2.48. The van der Waals surface area contributed by atoms with E-state index < -0.39 is 0 Å². The van der Waals surface area contributed by atoms with E-state index in [0.29, 0.717) is 5.56 Å². The number of benzene rings is 1. The summed E-state index contributed by atoms with van der Waals surface area (Å²) in [6, 6.07) is 7.47. The van der Waals surface area contributed by atoms with Gasteiger partial charge in [-0.05, 0) is 51.0 Å². The lowest BCUT2D eigenvalue weighted by molar-refractivity contribution is -0.120. The topological polar surface area (TPSA) is 70.2 Å². The first-order valence-corrected chi connectivity index (χ1v) is 7.90. The maximum atomic E-state index is 12.0. The highest BCUT2D eigenvalue weighted by Gasteiger charge is 2.09. The largest absolute Gasteiger partial charge is 0.376 e. The standard InChI is InChI=1S/C17H27N3O2/c1-5-12(3)19-16(21)11-18-15-9-7-14(8-10-15)17(22)20-13(4)6-2/h7-10,12-13,18H,5-6,11H2,1-4H3,(H,19,21)(H,20,22). The molecule has 0 fully saturated rings. The Bertz CT molecular complexity index is 485. The molecule has 5 nitrogen and oxygen atoms in total. The highest BCUT2D eigenvalue weighted by Crippen LogP contribution is 2.09. The summed E-state index contributed by atoms with van der Waals surface area (Å²) in [5.74, 6) is -0.108. The minimum atomic E-state index is -0.0737. The number of anilines is 1. The molecule has 0 aromatic heterocycles. The van der Waals surface area contributed by atoms with E-state index >= 15 is 0 Å². The van der Waals surface area contributed by atoms with Crippen LogP contribution in [0.3, 0.4) is 0 Å². The molecule has 0 radical (unpaired) electrons. The van der Waals surface area contributed by atoms with Gasteiger partial charge in [0.15, 0.2) is 0 Å². The van der Waals surface area contributed by atoms with Crippen LogP contribution in [0.15, 0.2) is 24.3 Å². The molecule has 122 valence electrons. The maximum absolute atomic E-state index is 12.0. The summed E-state index contributed by atoms with van der Waals surface area (Å²) in [4.78, 5) is 23.6. The van der Waals surface area contributed by atoms with E-state index in [4.69, 9.17) is 0 Å². The zero-order chi connectivity index (χ0) is 16.5. The van der Waals surface area contributed by atoms with E-state index in [9.17, 15) is 9.59 Å². The van der Waals surface area contributed by atoms with Gasteiger partial charge in [0, 0.05) is 23.3 Å². The summed E-state index contributed by atoms with van der Waals surface area (Å²) < 4.78 is 0. The van der Waals surface area contributed by atoms with Gasteiger partial charge in [0.05, 0.1) is 6.54 Å². The first-order chi connectivity index (χ1) is 10.5. The van der Waals surface area contributed by atoms with Crippen LogP contribution < -0.4 is 16.0 Å². The van der Waals surface area contributed by atoms with Gasteiger partial charge in [0.1, 0.15) is 0 Å². The molecule has 0 saturated heterocycles. The van der Waals surface area contributed by atoms with Crippen molar-refractivity contribution in [2.75, 3.05) is 11.9 Å². The van der Waals surface area contributed by atoms with Gasteiger partial charge < -0.3 is 16.0 Å². The van der Waals surface area contributed by atoms with Gasteiger partial charge in [-0.25, -0.2) is 0 Å². The lowest BCUT2D eigenvalue weighted by atomic mass is 10.1. The van der Waals surface area contributed by atoms with Crippen LogP contribution in [0.5, 0.6) is 0 Å². The van der Waals surface area contributed by atoms with E-state index in [1.54, 1.807) is 12.1 Å². The van der Waals surface area contributed by atoms with Crippen LogP contribution in [0.25, 0.3) is 0 Å². The second-order valence-electron chi connectivity index (χ2n) is 5.59. The van der Waals surface area contributed by atoms with Crippen molar-refractivity contribution in [1.29, 1.82) is 0 Å². The monoisotopic (exact) mass is 305 g/mol. The molecule has 22 heavy (non-hydrogen) atoms. The normalized spacial score (nSPS) is 13.1. The quantitative estimate of drug-likeness (QED) is 0.691. The van der Waals surface area contributed by atoms with E-state index in [0.717, 1.165) is 18.5 Å². The van der Waals surface area contributed by atoms with E-state index in [1.165, 1.54) is 0 Å². The van der Waals surface area contributed by atoms with Crippen molar-refractivity contribution in [3.8, 4) is 0 Å². The van der Waals surface area contributed by atoms with Crippen LogP contribution in [-0.4, -0.2) is 30.4 Å². The molecule has 0 aliphatic rings. The van der Waals surface area contributed by atoms with Crippen LogP contribution in [0.2, 0.25) is 0 Å². The van der Waals surface area contributed by atoms with Crippen LogP contribution in [0.1, 0.15) is 50.9 Å².